The van der Waals surface area contributed by atoms with Crippen molar-refractivity contribution >= 4 is 12.3 Å². The molecular formula is C9H5NO3. The highest BCUT2D eigenvalue weighted by molar-refractivity contribution is 5.87. The van der Waals surface area contributed by atoms with Gasteiger partial charge in [0.1, 0.15) is 5.69 Å². The van der Waals surface area contributed by atoms with E-state index in [0.29, 0.717) is 17.5 Å². The number of hydrogen-bond acceptors (Lipinski definition) is 3. The highest BCUT2D eigenvalue weighted by atomic mass is 16.4. The highest BCUT2D eigenvalue weighted by Crippen LogP contribution is 1.95. The van der Waals surface area contributed by atoms with Crippen LogP contribution >= 0.6 is 0 Å². The lowest BCUT2D eigenvalue weighted by molar-refractivity contribution is -0.130. The predicted octanol–water partition coefficient (Wildman–Crippen LogP) is 0.330. The van der Waals surface area contributed by atoms with E-state index in [1.807, 2.05) is 5.92 Å². The largest absolute Gasteiger partial charge is 0.472 e. The summed E-state index contributed by atoms with van der Waals surface area (Å²) in [5.41, 5.74) is 0.758. The second-order valence-corrected chi connectivity index (χ2v) is 2.15. The van der Waals surface area contributed by atoms with Crippen molar-refractivity contribution in [3.8, 4) is 11.8 Å². The first-order chi connectivity index (χ1) is 6.22. The summed E-state index contributed by atoms with van der Waals surface area (Å²) >= 11 is 0. The Labute approximate surface area is 74.2 Å². The van der Waals surface area contributed by atoms with Crippen LogP contribution in [0.15, 0.2) is 18.3 Å². The summed E-state index contributed by atoms with van der Waals surface area (Å²) < 4.78 is 0. The van der Waals surface area contributed by atoms with Crippen LogP contribution < -0.4 is 0 Å². The quantitative estimate of drug-likeness (QED) is 0.493. The van der Waals surface area contributed by atoms with E-state index in [-0.39, 0.29) is 0 Å². The van der Waals surface area contributed by atoms with Gasteiger partial charge < -0.3 is 5.11 Å². The van der Waals surface area contributed by atoms with Crippen molar-refractivity contribution in [3.05, 3.63) is 29.6 Å². The van der Waals surface area contributed by atoms with Gasteiger partial charge in [-0.1, -0.05) is 0 Å². The van der Waals surface area contributed by atoms with Crippen LogP contribution in [-0.4, -0.2) is 22.3 Å². The molecular weight excluding hydrogens is 170 g/mol. The van der Waals surface area contributed by atoms with Gasteiger partial charge in [0.05, 0.1) is 0 Å². The second-order valence-electron chi connectivity index (χ2n) is 2.15. The fourth-order valence-electron chi connectivity index (χ4n) is 0.666. The van der Waals surface area contributed by atoms with Crippen LogP contribution in [0, 0.1) is 11.8 Å². The third-order valence-corrected chi connectivity index (χ3v) is 1.22. The molecule has 0 aliphatic rings. The molecule has 64 valence electrons. The molecule has 0 fully saturated rings. The van der Waals surface area contributed by atoms with Crippen molar-refractivity contribution in [2.24, 2.45) is 0 Å². The number of rotatable bonds is 1. The van der Waals surface area contributed by atoms with E-state index in [2.05, 4.69) is 10.9 Å². The van der Waals surface area contributed by atoms with Crippen molar-refractivity contribution in [2.45, 2.75) is 0 Å². The zero-order valence-corrected chi connectivity index (χ0v) is 6.52. The average molecular weight is 175 g/mol. The van der Waals surface area contributed by atoms with Gasteiger partial charge in [0.25, 0.3) is 0 Å². The van der Waals surface area contributed by atoms with E-state index in [1.165, 1.54) is 18.3 Å². The van der Waals surface area contributed by atoms with E-state index in [1.54, 1.807) is 0 Å². The Morgan fingerprint density at radius 3 is 2.77 bits per heavy atom. The number of aldehydes is 1. The van der Waals surface area contributed by atoms with Crippen LogP contribution in [0.25, 0.3) is 0 Å². The first-order valence-electron chi connectivity index (χ1n) is 3.38. The van der Waals surface area contributed by atoms with Crippen LogP contribution in [-0.2, 0) is 4.79 Å². The number of aliphatic carboxylic acids is 1. The van der Waals surface area contributed by atoms with Crippen LogP contribution in [0.1, 0.15) is 16.1 Å². The van der Waals surface area contributed by atoms with E-state index < -0.39 is 5.97 Å². The molecule has 0 radical (unpaired) electrons. The van der Waals surface area contributed by atoms with Gasteiger partial charge in [-0.15, -0.1) is 0 Å². The number of hydrogen-bond donors (Lipinski definition) is 1. The molecule has 1 N–H and O–H groups in total. The van der Waals surface area contributed by atoms with E-state index >= 15 is 0 Å². The summed E-state index contributed by atoms with van der Waals surface area (Å²) in [6, 6.07) is 3.01. The lowest BCUT2D eigenvalue weighted by Gasteiger charge is -1.88. The minimum Gasteiger partial charge on any atom is -0.472 e. The molecule has 0 amide bonds. The molecule has 1 rings (SSSR count). The van der Waals surface area contributed by atoms with Crippen molar-refractivity contribution in [3.63, 3.8) is 0 Å². The van der Waals surface area contributed by atoms with Gasteiger partial charge in [0, 0.05) is 17.7 Å². The predicted molar refractivity (Wildman–Crippen MR) is 44.1 cm³/mol. The Morgan fingerprint density at radius 1 is 1.54 bits per heavy atom. The van der Waals surface area contributed by atoms with Crippen molar-refractivity contribution in [2.75, 3.05) is 0 Å². The van der Waals surface area contributed by atoms with E-state index in [4.69, 9.17) is 5.11 Å². The van der Waals surface area contributed by atoms with Gasteiger partial charge in [-0.05, 0) is 18.1 Å². The summed E-state index contributed by atoms with van der Waals surface area (Å²) in [5.74, 6) is 3.03. The molecule has 1 aromatic heterocycles. The van der Waals surface area contributed by atoms with Crippen molar-refractivity contribution in [1.82, 2.24) is 4.98 Å². The fourth-order valence-corrected chi connectivity index (χ4v) is 0.666. The summed E-state index contributed by atoms with van der Waals surface area (Å²) in [4.78, 5) is 24.0. The number of carbonyl (C=O) groups excluding carboxylic acids is 1. The smallest absolute Gasteiger partial charge is 0.382 e. The van der Waals surface area contributed by atoms with Gasteiger partial charge in [0.2, 0.25) is 0 Å². The standard InChI is InChI=1S/C9H5NO3/c11-6-7-1-2-8(10-5-7)3-4-9(12)13/h1-2,5-6H,(H,12,13). The summed E-state index contributed by atoms with van der Waals surface area (Å²) in [6.45, 7) is 0. The Kier molecular flexibility index (Phi) is 2.77. The third kappa shape index (κ3) is 2.75. The molecule has 0 atom stereocenters. The van der Waals surface area contributed by atoms with Crippen molar-refractivity contribution < 1.29 is 14.7 Å². The molecule has 0 saturated heterocycles. The number of pyridine rings is 1. The maximum absolute atomic E-state index is 10.2. The minimum atomic E-state index is -1.21. The molecule has 0 bridgehead atoms. The highest BCUT2D eigenvalue weighted by Gasteiger charge is 1.91. The molecule has 4 nitrogen and oxygen atoms in total. The lowest BCUT2D eigenvalue weighted by Crippen LogP contribution is -1.89. The maximum atomic E-state index is 10.2. The monoisotopic (exact) mass is 175 g/mol. The van der Waals surface area contributed by atoms with E-state index in [9.17, 15) is 9.59 Å². The molecule has 0 spiro atoms. The van der Waals surface area contributed by atoms with Crippen LogP contribution in [0.5, 0.6) is 0 Å². The number of aromatic nitrogens is 1. The molecule has 0 unspecified atom stereocenters. The molecule has 1 heterocycles. The Bertz CT molecular complexity index is 384. The van der Waals surface area contributed by atoms with E-state index in [0.717, 1.165) is 0 Å². The summed E-state index contributed by atoms with van der Waals surface area (Å²) in [7, 11) is 0. The molecule has 1 aromatic rings. The summed E-state index contributed by atoms with van der Waals surface area (Å²) in [6.07, 6.45) is 1.99. The zero-order valence-electron chi connectivity index (χ0n) is 6.52. The van der Waals surface area contributed by atoms with Gasteiger partial charge in [-0.25, -0.2) is 9.78 Å². The van der Waals surface area contributed by atoms with Gasteiger partial charge >= 0.3 is 5.97 Å². The molecule has 0 saturated carbocycles. The van der Waals surface area contributed by atoms with Crippen molar-refractivity contribution in [1.29, 1.82) is 0 Å². The average Bonchev–Trinajstić information content (AvgIpc) is 2.15. The SMILES string of the molecule is O=Cc1ccc(C#CC(=O)O)nc1. The third-order valence-electron chi connectivity index (χ3n) is 1.22. The molecule has 0 aromatic carbocycles. The molecule has 13 heavy (non-hydrogen) atoms. The normalized spacial score (nSPS) is 8.31. The lowest BCUT2D eigenvalue weighted by atomic mass is 10.3. The number of carboxylic acid groups (broad SMARTS) is 1. The van der Waals surface area contributed by atoms with Crippen LogP contribution in [0.2, 0.25) is 0 Å². The first-order valence-corrected chi connectivity index (χ1v) is 3.38. The minimum absolute atomic E-state index is 0.327. The van der Waals surface area contributed by atoms with Crippen LogP contribution in [0.4, 0.5) is 0 Å². The molecule has 0 aliphatic carbocycles. The maximum Gasteiger partial charge on any atom is 0.382 e. The Hall–Kier alpha value is -2.15. The number of carbonyl (C=O) groups is 2. The van der Waals surface area contributed by atoms with Gasteiger partial charge in [-0.3, -0.25) is 4.79 Å². The Balaban J connectivity index is 2.88. The molecule has 4 heteroatoms. The number of nitrogens with zero attached hydrogens (tertiary/aromatic N) is 1. The van der Waals surface area contributed by atoms with Gasteiger partial charge in [-0.2, -0.15) is 0 Å². The zero-order chi connectivity index (χ0) is 9.68. The topological polar surface area (TPSA) is 67.3 Å². The second kappa shape index (κ2) is 4.02. The van der Waals surface area contributed by atoms with Crippen LogP contribution in [0.3, 0.4) is 0 Å². The fraction of sp³-hybridized carbons (Fsp3) is 0. The number of carboxylic acids is 1. The first kappa shape index (κ1) is 8.94. The van der Waals surface area contributed by atoms with Gasteiger partial charge in [0.15, 0.2) is 6.29 Å². The Morgan fingerprint density at radius 2 is 2.31 bits per heavy atom. The molecule has 0 aliphatic heterocycles. The summed E-state index contributed by atoms with van der Waals surface area (Å²) in [5, 5.41) is 8.22.